The van der Waals surface area contributed by atoms with E-state index in [0.717, 1.165) is 5.52 Å². The summed E-state index contributed by atoms with van der Waals surface area (Å²) in [7, 11) is 0. The number of aliphatic hydroxyl groups excluding tert-OH is 2. The molecule has 0 bridgehead atoms. The third-order valence-corrected chi connectivity index (χ3v) is 3.27. The third-order valence-electron chi connectivity index (χ3n) is 3.27. The minimum Gasteiger partial charge on any atom is -0.444 e. The number of aromatic amines is 1. The number of amides is 1. The summed E-state index contributed by atoms with van der Waals surface area (Å²) in [6.45, 7) is 5.52. The SMILES string of the molecule is CC(C)(C)OC(=O)NCCC(O)C(O)c1cccc2[nH]cnc12. The van der Waals surface area contributed by atoms with Gasteiger partial charge in [0.1, 0.15) is 11.7 Å². The summed E-state index contributed by atoms with van der Waals surface area (Å²) in [4.78, 5) is 18.6. The molecular weight excluding hydrogens is 298 g/mol. The van der Waals surface area contributed by atoms with Crippen molar-refractivity contribution in [2.75, 3.05) is 6.54 Å². The maximum absolute atomic E-state index is 11.5. The number of benzene rings is 1. The topological polar surface area (TPSA) is 107 Å². The molecule has 0 spiro atoms. The zero-order valence-corrected chi connectivity index (χ0v) is 13.5. The first-order valence-electron chi connectivity index (χ1n) is 7.53. The zero-order chi connectivity index (χ0) is 17.0. The summed E-state index contributed by atoms with van der Waals surface area (Å²) in [6.07, 6.45) is -0.915. The van der Waals surface area contributed by atoms with Crippen molar-refractivity contribution < 1.29 is 19.7 Å². The van der Waals surface area contributed by atoms with Gasteiger partial charge in [0.25, 0.3) is 0 Å². The second-order valence-electron chi connectivity index (χ2n) is 6.38. The monoisotopic (exact) mass is 321 g/mol. The number of H-pyrrole nitrogens is 1. The van der Waals surface area contributed by atoms with Crippen LogP contribution in [0.4, 0.5) is 4.79 Å². The number of ether oxygens (including phenoxy) is 1. The van der Waals surface area contributed by atoms with E-state index in [2.05, 4.69) is 15.3 Å². The lowest BCUT2D eigenvalue weighted by molar-refractivity contribution is 0.0130. The highest BCUT2D eigenvalue weighted by atomic mass is 16.6. The molecule has 1 heterocycles. The summed E-state index contributed by atoms with van der Waals surface area (Å²) in [5.41, 5.74) is 1.39. The highest BCUT2D eigenvalue weighted by Gasteiger charge is 2.22. The van der Waals surface area contributed by atoms with Crippen LogP contribution in [0, 0.1) is 0 Å². The third kappa shape index (κ3) is 4.67. The molecule has 2 aromatic rings. The van der Waals surface area contributed by atoms with Crippen molar-refractivity contribution in [3.05, 3.63) is 30.1 Å². The van der Waals surface area contributed by atoms with E-state index in [1.54, 1.807) is 32.9 Å². The molecule has 0 aliphatic rings. The average Bonchev–Trinajstić information content (AvgIpc) is 2.92. The molecule has 0 fully saturated rings. The van der Waals surface area contributed by atoms with E-state index < -0.39 is 23.9 Å². The first-order valence-corrected chi connectivity index (χ1v) is 7.53. The Bertz CT molecular complexity index is 663. The Hall–Kier alpha value is -2.12. The molecule has 126 valence electrons. The lowest BCUT2D eigenvalue weighted by atomic mass is 10.0. The highest BCUT2D eigenvalue weighted by molar-refractivity contribution is 5.78. The van der Waals surface area contributed by atoms with Gasteiger partial charge < -0.3 is 25.3 Å². The number of carbonyl (C=O) groups excluding carboxylic acids is 1. The fourth-order valence-electron chi connectivity index (χ4n) is 2.23. The Balaban J connectivity index is 1.89. The lowest BCUT2D eigenvalue weighted by Crippen LogP contribution is -2.34. The molecule has 2 unspecified atom stereocenters. The van der Waals surface area contributed by atoms with Gasteiger partial charge in [-0.05, 0) is 33.3 Å². The van der Waals surface area contributed by atoms with Crippen molar-refractivity contribution in [2.45, 2.75) is 45.0 Å². The van der Waals surface area contributed by atoms with Crippen LogP contribution in [0.1, 0.15) is 38.9 Å². The second kappa shape index (κ2) is 6.97. The van der Waals surface area contributed by atoms with Gasteiger partial charge in [-0.2, -0.15) is 0 Å². The Labute approximate surface area is 134 Å². The van der Waals surface area contributed by atoms with Crippen molar-refractivity contribution in [1.82, 2.24) is 15.3 Å². The van der Waals surface area contributed by atoms with Crippen molar-refractivity contribution in [3.8, 4) is 0 Å². The van der Waals surface area contributed by atoms with Gasteiger partial charge in [0.2, 0.25) is 0 Å². The summed E-state index contributed by atoms with van der Waals surface area (Å²) >= 11 is 0. The molecule has 4 N–H and O–H groups in total. The molecule has 2 rings (SSSR count). The summed E-state index contributed by atoms with van der Waals surface area (Å²) in [5, 5.41) is 23.0. The number of carbonyl (C=O) groups is 1. The van der Waals surface area contributed by atoms with Crippen molar-refractivity contribution in [3.63, 3.8) is 0 Å². The quantitative estimate of drug-likeness (QED) is 0.672. The molecule has 0 aliphatic heterocycles. The molecule has 1 aromatic carbocycles. The molecule has 2 atom stereocenters. The van der Waals surface area contributed by atoms with Gasteiger partial charge in [-0.3, -0.25) is 0 Å². The number of hydrogen-bond acceptors (Lipinski definition) is 5. The Morgan fingerprint density at radius 3 is 2.83 bits per heavy atom. The number of alkyl carbamates (subject to hydrolysis) is 1. The molecule has 1 amide bonds. The largest absolute Gasteiger partial charge is 0.444 e. The van der Waals surface area contributed by atoms with E-state index in [9.17, 15) is 15.0 Å². The first kappa shape index (κ1) is 17.2. The molecular formula is C16H23N3O4. The molecule has 0 saturated heterocycles. The van der Waals surface area contributed by atoms with E-state index in [1.807, 2.05) is 6.07 Å². The minimum absolute atomic E-state index is 0.196. The molecule has 0 saturated carbocycles. The number of nitrogens with one attached hydrogen (secondary N) is 2. The number of rotatable bonds is 5. The number of nitrogens with zero attached hydrogens (tertiary/aromatic N) is 1. The minimum atomic E-state index is -1.08. The molecule has 7 heteroatoms. The number of aliphatic hydroxyl groups is 2. The van der Waals surface area contributed by atoms with Gasteiger partial charge in [-0.25, -0.2) is 9.78 Å². The van der Waals surface area contributed by atoms with Crippen LogP contribution >= 0.6 is 0 Å². The average molecular weight is 321 g/mol. The Morgan fingerprint density at radius 1 is 1.39 bits per heavy atom. The molecule has 0 aliphatic carbocycles. The van der Waals surface area contributed by atoms with E-state index in [-0.39, 0.29) is 13.0 Å². The van der Waals surface area contributed by atoms with E-state index >= 15 is 0 Å². The van der Waals surface area contributed by atoms with Crippen LogP contribution in [0.3, 0.4) is 0 Å². The van der Waals surface area contributed by atoms with Crippen LogP contribution in [0.25, 0.3) is 11.0 Å². The standard InChI is InChI=1S/C16H23N3O4/c1-16(2,3)23-15(22)17-8-7-12(20)14(21)10-5-4-6-11-13(10)19-9-18-11/h4-6,9,12,14,20-21H,7-8H2,1-3H3,(H,17,22)(H,18,19). The van der Waals surface area contributed by atoms with Gasteiger partial charge >= 0.3 is 6.09 Å². The van der Waals surface area contributed by atoms with Gasteiger partial charge in [0.05, 0.1) is 23.5 Å². The van der Waals surface area contributed by atoms with E-state index in [1.165, 1.54) is 6.33 Å². The molecule has 0 radical (unpaired) electrons. The van der Waals surface area contributed by atoms with Crippen LogP contribution in [0.15, 0.2) is 24.5 Å². The van der Waals surface area contributed by atoms with Crippen LogP contribution in [0.2, 0.25) is 0 Å². The maximum atomic E-state index is 11.5. The van der Waals surface area contributed by atoms with Crippen LogP contribution in [-0.4, -0.2) is 44.5 Å². The zero-order valence-electron chi connectivity index (χ0n) is 13.5. The number of fused-ring (bicyclic) bond motifs is 1. The summed E-state index contributed by atoms with van der Waals surface area (Å²) < 4.78 is 5.10. The predicted molar refractivity (Wildman–Crippen MR) is 85.9 cm³/mol. The molecule has 1 aromatic heterocycles. The maximum Gasteiger partial charge on any atom is 0.407 e. The summed E-state index contributed by atoms with van der Waals surface area (Å²) in [6, 6.07) is 5.35. The number of aromatic nitrogens is 2. The first-order chi connectivity index (χ1) is 10.8. The fraction of sp³-hybridized carbons (Fsp3) is 0.500. The van der Waals surface area contributed by atoms with E-state index in [4.69, 9.17) is 4.74 Å². The number of para-hydroxylation sites is 1. The van der Waals surface area contributed by atoms with Crippen molar-refractivity contribution >= 4 is 17.1 Å². The van der Waals surface area contributed by atoms with Gasteiger partial charge in [-0.15, -0.1) is 0 Å². The summed E-state index contributed by atoms with van der Waals surface area (Å²) in [5.74, 6) is 0. The van der Waals surface area contributed by atoms with Gasteiger partial charge in [-0.1, -0.05) is 12.1 Å². The van der Waals surface area contributed by atoms with Crippen LogP contribution in [-0.2, 0) is 4.74 Å². The van der Waals surface area contributed by atoms with Crippen molar-refractivity contribution in [2.24, 2.45) is 0 Å². The highest BCUT2D eigenvalue weighted by Crippen LogP contribution is 2.25. The molecule has 23 heavy (non-hydrogen) atoms. The predicted octanol–water partition coefficient (Wildman–Crippen LogP) is 1.87. The van der Waals surface area contributed by atoms with E-state index in [0.29, 0.717) is 11.1 Å². The van der Waals surface area contributed by atoms with Crippen LogP contribution < -0.4 is 5.32 Å². The van der Waals surface area contributed by atoms with Gasteiger partial charge in [0.15, 0.2) is 0 Å². The number of hydrogen-bond donors (Lipinski definition) is 4. The normalized spacial score (nSPS) is 14.5. The molecule has 7 nitrogen and oxygen atoms in total. The second-order valence-corrected chi connectivity index (χ2v) is 6.38. The lowest BCUT2D eigenvalue weighted by Gasteiger charge is -2.21. The number of imidazole rings is 1. The smallest absolute Gasteiger partial charge is 0.407 e. The van der Waals surface area contributed by atoms with Crippen molar-refractivity contribution in [1.29, 1.82) is 0 Å². The van der Waals surface area contributed by atoms with Gasteiger partial charge in [0, 0.05) is 12.1 Å². The Kier molecular flexibility index (Phi) is 5.23. The Morgan fingerprint density at radius 2 is 2.13 bits per heavy atom. The van der Waals surface area contributed by atoms with Crippen LogP contribution in [0.5, 0.6) is 0 Å². The fourth-order valence-corrected chi connectivity index (χ4v) is 2.23.